The second kappa shape index (κ2) is 7.50. The van der Waals surface area contributed by atoms with Crippen molar-refractivity contribution in [2.75, 3.05) is 13.1 Å². The van der Waals surface area contributed by atoms with Crippen LogP contribution in [0.1, 0.15) is 48.3 Å². The van der Waals surface area contributed by atoms with Crippen molar-refractivity contribution in [1.82, 2.24) is 24.5 Å². The molecule has 0 N–H and O–H groups in total. The third-order valence-corrected chi connectivity index (χ3v) is 5.20. The van der Waals surface area contributed by atoms with E-state index < -0.39 is 11.9 Å². The first-order valence-electron chi connectivity index (χ1n) is 9.52. The predicted molar refractivity (Wildman–Crippen MR) is 98.9 cm³/mol. The van der Waals surface area contributed by atoms with Crippen LogP contribution in [0.5, 0.6) is 0 Å². The molecule has 3 aromatic heterocycles. The standard InChI is InChI=1S/C20H22F3N5/c1-2-16-9-18(20(21,22)23)28-19(25-16)10-17(26-28)15-6-4-8-27(13-15)12-14-5-3-7-24-11-14/h3,5,7,9-11,15H,2,4,6,8,12-13H2,1H3. The van der Waals surface area contributed by atoms with Gasteiger partial charge in [0.25, 0.3) is 0 Å². The summed E-state index contributed by atoms with van der Waals surface area (Å²) < 4.78 is 41.4. The lowest BCUT2D eigenvalue weighted by atomic mass is 9.94. The minimum atomic E-state index is -4.46. The van der Waals surface area contributed by atoms with Gasteiger partial charge < -0.3 is 0 Å². The molecule has 28 heavy (non-hydrogen) atoms. The number of aromatic nitrogens is 4. The molecule has 1 fully saturated rings. The molecule has 4 heterocycles. The average molecular weight is 389 g/mol. The van der Waals surface area contributed by atoms with Gasteiger partial charge >= 0.3 is 6.18 Å². The van der Waals surface area contributed by atoms with Crippen molar-refractivity contribution in [1.29, 1.82) is 0 Å². The highest BCUT2D eigenvalue weighted by Gasteiger charge is 2.35. The van der Waals surface area contributed by atoms with E-state index in [0.29, 0.717) is 17.8 Å². The van der Waals surface area contributed by atoms with Gasteiger partial charge in [-0.2, -0.15) is 18.3 Å². The summed E-state index contributed by atoms with van der Waals surface area (Å²) in [6.07, 6.45) is 1.47. The monoisotopic (exact) mass is 389 g/mol. The van der Waals surface area contributed by atoms with E-state index >= 15 is 0 Å². The molecule has 0 saturated carbocycles. The smallest absolute Gasteiger partial charge is 0.298 e. The fourth-order valence-corrected chi connectivity index (χ4v) is 3.82. The molecule has 4 rings (SSSR count). The SMILES string of the molecule is CCc1cc(C(F)(F)F)n2nc(C3CCCN(Cc4cccnc4)C3)cc2n1. The second-order valence-electron chi connectivity index (χ2n) is 7.26. The Morgan fingerprint density at radius 2 is 2.11 bits per heavy atom. The van der Waals surface area contributed by atoms with Crippen molar-refractivity contribution < 1.29 is 13.2 Å². The Bertz CT molecular complexity index is 952. The number of halogens is 3. The van der Waals surface area contributed by atoms with Gasteiger partial charge in [-0.3, -0.25) is 9.88 Å². The van der Waals surface area contributed by atoms with Gasteiger partial charge in [-0.15, -0.1) is 0 Å². The Labute approximate surface area is 161 Å². The molecule has 8 heteroatoms. The summed E-state index contributed by atoms with van der Waals surface area (Å²) in [6, 6.07) is 6.76. The normalized spacial score (nSPS) is 18.6. The van der Waals surface area contributed by atoms with Gasteiger partial charge in [0.15, 0.2) is 5.65 Å². The van der Waals surface area contributed by atoms with Crippen LogP contribution in [0.25, 0.3) is 5.65 Å². The van der Waals surface area contributed by atoms with Crippen molar-refractivity contribution in [2.24, 2.45) is 0 Å². The summed E-state index contributed by atoms with van der Waals surface area (Å²) >= 11 is 0. The zero-order chi connectivity index (χ0) is 19.7. The highest BCUT2D eigenvalue weighted by molar-refractivity contribution is 5.43. The van der Waals surface area contributed by atoms with E-state index in [1.165, 1.54) is 0 Å². The highest BCUT2D eigenvalue weighted by atomic mass is 19.4. The van der Waals surface area contributed by atoms with Crippen molar-refractivity contribution in [2.45, 2.75) is 44.8 Å². The minimum absolute atomic E-state index is 0.0956. The van der Waals surface area contributed by atoms with Crippen molar-refractivity contribution in [3.63, 3.8) is 0 Å². The quantitative estimate of drug-likeness (QED) is 0.674. The first kappa shape index (κ1) is 18.9. The molecule has 1 aliphatic heterocycles. The lowest BCUT2D eigenvalue weighted by Gasteiger charge is -2.31. The number of likely N-dealkylation sites (tertiary alicyclic amines) is 1. The zero-order valence-corrected chi connectivity index (χ0v) is 15.7. The number of hydrogen-bond acceptors (Lipinski definition) is 4. The highest BCUT2D eigenvalue weighted by Crippen LogP contribution is 2.32. The zero-order valence-electron chi connectivity index (χ0n) is 15.7. The van der Waals surface area contributed by atoms with E-state index in [9.17, 15) is 13.2 Å². The number of fused-ring (bicyclic) bond motifs is 1. The molecule has 1 aliphatic rings. The van der Waals surface area contributed by atoms with E-state index in [-0.39, 0.29) is 11.6 Å². The van der Waals surface area contributed by atoms with E-state index in [0.717, 1.165) is 48.6 Å². The number of piperidine rings is 1. The first-order valence-corrected chi connectivity index (χ1v) is 9.52. The van der Waals surface area contributed by atoms with Crippen LogP contribution in [-0.4, -0.2) is 37.6 Å². The maximum Gasteiger partial charge on any atom is 0.433 e. The van der Waals surface area contributed by atoms with Crippen LogP contribution in [-0.2, 0) is 19.1 Å². The fourth-order valence-electron chi connectivity index (χ4n) is 3.82. The Morgan fingerprint density at radius 1 is 1.25 bits per heavy atom. The van der Waals surface area contributed by atoms with Gasteiger partial charge in [0.2, 0.25) is 0 Å². The van der Waals surface area contributed by atoms with Crippen LogP contribution in [0.2, 0.25) is 0 Å². The van der Waals surface area contributed by atoms with Crippen molar-refractivity contribution in [3.05, 3.63) is 59.3 Å². The second-order valence-corrected chi connectivity index (χ2v) is 7.26. The molecule has 3 aromatic rings. The Hall–Kier alpha value is -2.48. The van der Waals surface area contributed by atoms with Crippen LogP contribution in [0.15, 0.2) is 36.7 Å². The molecule has 1 unspecified atom stereocenters. The largest absolute Gasteiger partial charge is 0.433 e. The average Bonchev–Trinajstić information content (AvgIpc) is 3.11. The van der Waals surface area contributed by atoms with Crippen LogP contribution in [0.4, 0.5) is 13.2 Å². The summed E-state index contributed by atoms with van der Waals surface area (Å²) in [7, 11) is 0. The molecular formula is C20H22F3N5. The van der Waals surface area contributed by atoms with Crippen LogP contribution < -0.4 is 0 Å². The van der Waals surface area contributed by atoms with E-state index in [2.05, 4.69) is 20.0 Å². The summed E-state index contributed by atoms with van der Waals surface area (Å²) in [5.41, 5.74) is 1.75. The topological polar surface area (TPSA) is 46.3 Å². The first-order chi connectivity index (χ1) is 13.4. The number of rotatable bonds is 4. The molecule has 0 amide bonds. The minimum Gasteiger partial charge on any atom is -0.298 e. The van der Waals surface area contributed by atoms with Gasteiger partial charge in [0.1, 0.15) is 5.69 Å². The number of hydrogen-bond donors (Lipinski definition) is 0. The molecular weight excluding hydrogens is 367 g/mol. The van der Waals surface area contributed by atoms with Crippen molar-refractivity contribution >= 4 is 5.65 Å². The van der Waals surface area contributed by atoms with E-state index in [1.807, 2.05) is 18.3 Å². The Kier molecular flexibility index (Phi) is 5.05. The summed E-state index contributed by atoms with van der Waals surface area (Å²) in [5.74, 6) is 0.0956. The van der Waals surface area contributed by atoms with Crippen LogP contribution in [0, 0.1) is 0 Å². The molecule has 0 radical (unpaired) electrons. The Morgan fingerprint density at radius 3 is 2.82 bits per heavy atom. The van der Waals surface area contributed by atoms with Gasteiger partial charge in [0.05, 0.1) is 5.69 Å². The molecule has 5 nitrogen and oxygen atoms in total. The number of nitrogens with zero attached hydrogens (tertiary/aromatic N) is 5. The fraction of sp³-hybridized carbons (Fsp3) is 0.450. The van der Waals surface area contributed by atoms with E-state index in [1.54, 1.807) is 19.2 Å². The predicted octanol–water partition coefficient (Wildman–Crippen LogP) is 4.09. The molecule has 1 atom stereocenters. The van der Waals surface area contributed by atoms with Gasteiger partial charge in [-0.25, -0.2) is 9.50 Å². The summed E-state index contributed by atoms with van der Waals surface area (Å²) in [6.45, 7) is 4.31. The molecule has 0 bridgehead atoms. The van der Waals surface area contributed by atoms with Crippen molar-refractivity contribution in [3.8, 4) is 0 Å². The van der Waals surface area contributed by atoms with Gasteiger partial charge in [0, 0.05) is 43.2 Å². The molecule has 0 aromatic carbocycles. The lowest BCUT2D eigenvalue weighted by Crippen LogP contribution is -2.34. The molecule has 148 valence electrons. The number of pyridine rings is 1. The van der Waals surface area contributed by atoms with E-state index in [4.69, 9.17) is 0 Å². The Balaban J connectivity index is 1.61. The third kappa shape index (κ3) is 3.87. The lowest BCUT2D eigenvalue weighted by molar-refractivity contribution is -0.142. The van der Waals surface area contributed by atoms with Gasteiger partial charge in [-0.1, -0.05) is 13.0 Å². The van der Waals surface area contributed by atoms with Crippen LogP contribution in [0.3, 0.4) is 0 Å². The number of alkyl halides is 3. The van der Waals surface area contributed by atoms with Crippen LogP contribution >= 0.6 is 0 Å². The van der Waals surface area contributed by atoms with Gasteiger partial charge in [-0.05, 0) is 43.5 Å². The maximum absolute atomic E-state index is 13.5. The molecule has 0 spiro atoms. The number of aryl methyl sites for hydroxylation is 1. The molecule has 1 saturated heterocycles. The summed E-state index contributed by atoms with van der Waals surface area (Å²) in [5, 5.41) is 4.31. The molecule has 0 aliphatic carbocycles. The third-order valence-electron chi connectivity index (χ3n) is 5.20. The maximum atomic E-state index is 13.5. The summed E-state index contributed by atoms with van der Waals surface area (Å²) in [4.78, 5) is 10.8.